The molecule has 6 nitrogen and oxygen atoms in total. The second-order valence-electron chi connectivity index (χ2n) is 7.01. The van der Waals surface area contributed by atoms with Gasteiger partial charge in [0.1, 0.15) is 4.32 Å². The van der Waals surface area contributed by atoms with E-state index in [4.69, 9.17) is 23.8 Å². The van der Waals surface area contributed by atoms with Crippen LogP contribution in [0.3, 0.4) is 0 Å². The number of carbonyl (C=O) groups excluding carboxylic acids is 3. The van der Waals surface area contributed by atoms with Gasteiger partial charge in [0, 0.05) is 13.0 Å². The Morgan fingerprint density at radius 2 is 1.84 bits per heavy atom. The monoisotopic (exact) mass is 487 g/mol. The molecule has 0 atom stereocenters. The summed E-state index contributed by atoms with van der Waals surface area (Å²) in [5.41, 5.74) is 7.13. The van der Waals surface area contributed by atoms with Crippen LogP contribution in [0.15, 0.2) is 53.4 Å². The number of hydrazine groups is 1. The van der Waals surface area contributed by atoms with Crippen molar-refractivity contribution in [2.45, 2.75) is 26.2 Å². The molecular formula is C23H22ClN3O3S2. The van der Waals surface area contributed by atoms with Gasteiger partial charge in [-0.05, 0) is 42.2 Å². The summed E-state index contributed by atoms with van der Waals surface area (Å²) < 4.78 is 0.471. The number of nitrogens with zero attached hydrogens (tertiary/aromatic N) is 1. The van der Waals surface area contributed by atoms with Crippen molar-refractivity contribution >= 4 is 63.7 Å². The van der Waals surface area contributed by atoms with Crippen LogP contribution < -0.4 is 10.9 Å². The van der Waals surface area contributed by atoms with Gasteiger partial charge in [-0.3, -0.25) is 30.1 Å². The minimum Gasteiger partial charge on any atom is -0.293 e. The van der Waals surface area contributed by atoms with E-state index < -0.39 is 5.91 Å². The van der Waals surface area contributed by atoms with Gasteiger partial charge in [0.25, 0.3) is 11.8 Å². The predicted molar refractivity (Wildman–Crippen MR) is 132 cm³/mol. The Morgan fingerprint density at radius 3 is 2.53 bits per heavy atom. The summed E-state index contributed by atoms with van der Waals surface area (Å²) in [6, 6.07) is 14.6. The zero-order valence-corrected chi connectivity index (χ0v) is 19.8. The lowest BCUT2D eigenvalue weighted by molar-refractivity contribution is -0.124. The number of thiocarbonyl (C=S) groups is 1. The minimum atomic E-state index is -0.502. The van der Waals surface area contributed by atoms with Crippen molar-refractivity contribution in [1.29, 1.82) is 0 Å². The van der Waals surface area contributed by atoms with Crippen LogP contribution in [-0.2, 0) is 16.0 Å². The Kier molecular flexibility index (Phi) is 8.44. The summed E-state index contributed by atoms with van der Waals surface area (Å²) in [7, 11) is 0. The number of amides is 3. The molecule has 1 aliphatic rings. The van der Waals surface area contributed by atoms with Gasteiger partial charge < -0.3 is 0 Å². The second kappa shape index (κ2) is 11.3. The molecule has 0 spiro atoms. The molecule has 3 amide bonds. The van der Waals surface area contributed by atoms with Crippen LogP contribution in [0.2, 0.25) is 5.02 Å². The van der Waals surface area contributed by atoms with E-state index in [1.807, 2.05) is 30.3 Å². The molecule has 2 aromatic carbocycles. The second-order valence-corrected chi connectivity index (χ2v) is 9.10. The summed E-state index contributed by atoms with van der Waals surface area (Å²) >= 11 is 12.6. The van der Waals surface area contributed by atoms with E-state index in [1.165, 1.54) is 22.2 Å². The lowest BCUT2D eigenvalue weighted by Gasteiger charge is -2.14. The molecule has 1 aliphatic heterocycles. The highest BCUT2D eigenvalue weighted by molar-refractivity contribution is 8.26. The first-order chi connectivity index (χ1) is 15.4. The average molecular weight is 488 g/mol. The van der Waals surface area contributed by atoms with Crippen LogP contribution in [0, 0.1) is 0 Å². The summed E-state index contributed by atoms with van der Waals surface area (Å²) in [5, 5.41) is 0.294. The third kappa shape index (κ3) is 6.18. The van der Waals surface area contributed by atoms with E-state index in [0.717, 1.165) is 12.0 Å². The van der Waals surface area contributed by atoms with Gasteiger partial charge >= 0.3 is 0 Å². The van der Waals surface area contributed by atoms with Gasteiger partial charge in [-0.2, -0.15) is 0 Å². The molecule has 0 unspecified atom stereocenters. The van der Waals surface area contributed by atoms with Crippen molar-refractivity contribution in [3.05, 3.63) is 75.1 Å². The number of aryl methyl sites for hydroxylation is 1. The van der Waals surface area contributed by atoms with E-state index in [2.05, 4.69) is 17.8 Å². The van der Waals surface area contributed by atoms with Crippen LogP contribution >= 0.6 is 35.6 Å². The van der Waals surface area contributed by atoms with E-state index in [9.17, 15) is 14.4 Å². The molecule has 0 saturated carbocycles. The van der Waals surface area contributed by atoms with Crippen LogP contribution in [0.5, 0.6) is 0 Å². The third-order valence-electron chi connectivity index (χ3n) is 4.78. The van der Waals surface area contributed by atoms with E-state index in [0.29, 0.717) is 27.2 Å². The highest BCUT2D eigenvalue weighted by Gasteiger charge is 2.31. The molecular weight excluding hydrogens is 466 g/mol. The lowest BCUT2D eigenvalue weighted by atomic mass is 10.1. The predicted octanol–water partition coefficient (Wildman–Crippen LogP) is 4.35. The van der Waals surface area contributed by atoms with Gasteiger partial charge in [-0.25, -0.2) is 0 Å². The van der Waals surface area contributed by atoms with Gasteiger partial charge in [0.15, 0.2) is 0 Å². The molecule has 0 aliphatic carbocycles. The molecule has 32 heavy (non-hydrogen) atoms. The quantitative estimate of drug-likeness (QED) is 0.345. The maximum absolute atomic E-state index is 12.7. The molecule has 9 heteroatoms. The Hall–Kier alpha value is -2.68. The summed E-state index contributed by atoms with van der Waals surface area (Å²) in [6.07, 6.45) is 3.31. The maximum Gasteiger partial charge on any atom is 0.271 e. The zero-order valence-electron chi connectivity index (χ0n) is 17.4. The Balaban J connectivity index is 1.47. The molecule has 0 radical (unpaired) electrons. The first-order valence-corrected chi connectivity index (χ1v) is 11.7. The molecule has 2 aromatic rings. The first-order valence-electron chi connectivity index (χ1n) is 10.1. The van der Waals surface area contributed by atoms with Crippen molar-refractivity contribution in [2.24, 2.45) is 0 Å². The molecule has 166 valence electrons. The third-order valence-corrected chi connectivity index (χ3v) is 6.49. The number of hydrogen-bond acceptors (Lipinski definition) is 5. The molecule has 1 saturated heterocycles. The SMILES string of the molecule is CCc1ccc(C=C2SC(=S)N(CCCC(=O)NNC(=O)c3ccccc3Cl)C2=O)cc1. The fourth-order valence-electron chi connectivity index (χ4n) is 2.99. The fourth-order valence-corrected chi connectivity index (χ4v) is 4.52. The number of thioether (sulfide) groups is 1. The summed E-state index contributed by atoms with van der Waals surface area (Å²) in [4.78, 5) is 38.9. The van der Waals surface area contributed by atoms with Gasteiger partial charge in [0.2, 0.25) is 5.91 Å². The summed E-state index contributed by atoms with van der Waals surface area (Å²) in [6.45, 7) is 2.41. The van der Waals surface area contributed by atoms with E-state index in [1.54, 1.807) is 24.3 Å². The Morgan fingerprint density at radius 1 is 1.12 bits per heavy atom. The molecule has 3 rings (SSSR count). The minimum absolute atomic E-state index is 0.122. The zero-order chi connectivity index (χ0) is 23.1. The lowest BCUT2D eigenvalue weighted by Crippen LogP contribution is -2.42. The van der Waals surface area contributed by atoms with Gasteiger partial charge in [-0.15, -0.1) is 0 Å². The van der Waals surface area contributed by atoms with E-state index in [-0.39, 0.29) is 23.8 Å². The molecule has 2 N–H and O–H groups in total. The van der Waals surface area contributed by atoms with Crippen LogP contribution in [-0.4, -0.2) is 33.5 Å². The number of halogens is 1. The van der Waals surface area contributed by atoms with Crippen molar-refractivity contribution < 1.29 is 14.4 Å². The number of carbonyl (C=O) groups is 3. The van der Waals surface area contributed by atoms with Crippen molar-refractivity contribution in [3.8, 4) is 0 Å². The van der Waals surface area contributed by atoms with Crippen molar-refractivity contribution in [1.82, 2.24) is 15.8 Å². The maximum atomic E-state index is 12.7. The largest absolute Gasteiger partial charge is 0.293 e. The van der Waals surface area contributed by atoms with Crippen LogP contribution in [0.4, 0.5) is 0 Å². The Labute approximate surface area is 201 Å². The molecule has 1 fully saturated rings. The molecule has 0 bridgehead atoms. The van der Waals surface area contributed by atoms with E-state index >= 15 is 0 Å². The van der Waals surface area contributed by atoms with Crippen molar-refractivity contribution in [3.63, 3.8) is 0 Å². The van der Waals surface area contributed by atoms with Crippen LogP contribution in [0.1, 0.15) is 41.3 Å². The number of nitrogens with one attached hydrogen (secondary N) is 2. The standard InChI is InChI=1S/C23H22ClN3O3S2/c1-2-15-9-11-16(12-10-15)14-19-22(30)27(23(31)32-19)13-5-8-20(28)25-26-21(29)17-6-3-4-7-18(17)24/h3-4,6-7,9-12,14H,2,5,8,13H2,1H3,(H,25,28)(H,26,29). The first kappa shape index (κ1) is 24.0. The fraction of sp³-hybridized carbons (Fsp3) is 0.217. The van der Waals surface area contributed by atoms with Crippen molar-refractivity contribution in [2.75, 3.05) is 6.54 Å². The smallest absolute Gasteiger partial charge is 0.271 e. The topological polar surface area (TPSA) is 78.5 Å². The molecule has 1 heterocycles. The van der Waals surface area contributed by atoms with Gasteiger partial charge in [0.05, 0.1) is 15.5 Å². The normalized spacial score (nSPS) is 14.7. The highest BCUT2D eigenvalue weighted by atomic mass is 35.5. The number of rotatable bonds is 7. The number of benzene rings is 2. The summed E-state index contributed by atoms with van der Waals surface area (Å²) in [5.74, 6) is -1.03. The average Bonchev–Trinajstić information content (AvgIpc) is 3.05. The highest BCUT2D eigenvalue weighted by Crippen LogP contribution is 2.32. The Bertz CT molecular complexity index is 1070. The van der Waals surface area contributed by atoms with Gasteiger partial charge in [-0.1, -0.05) is 78.9 Å². The molecule has 0 aromatic heterocycles. The van der Waals surface area contributed by atoms with Crippen LogP contribution in [0.25, 0.3) is 6.08 Å². The number of hydrogen-bond donors (Lipinski definition) is 2.